The first-order valence-corrected chi connectivity index (χ1v) is 42.9. The minimum Gasteiger partial charge on any atom is -0.756 e. The molecular weight excluding hydrogens is 1660 g/mol. The number of aryl methyl sites for hydroxylation is 4. The number of alkyl carbamates (subject to hydrolysis) is 2. The van der Waals surface area contributed by atoms with Crippen molar-refractivity contribution in [3.63, 3.8) is 0 Å². The molecule has 2 saturated heterocycles. The van der Waals surface area contributed by atoms with Crippen LogP contribution in [0.4, 0.5) is 44.2 Å². The van der Waals surface area contributed by atoms with E-state index in [0.717, 1.165) is 66.4 Å². The number of phosphoric ester groups is 2. The van der Waals surface area contributed by atoms with Crippen LogP contribution >= 0.6 is 31.3 Å². The van der Waals surface area contributed by atoms with Crippen molar-refractivity contribution in [2.75, 3.05) is 127 Å². The van der Waals surface area contributed by atoms with Gasteiger partial charge in [0.05, 0.1) is 27.3 Å². The molecule has 4 unspecified atom stereocenters. The standard InChI is InChI=1S/2C35H46N10O13P2/c1-41(2)22-10-8-20-15-21-9-11-23(42(3)4)17-25(21)44(24(20)16-22)14-6-7-27(46)37-12-13-38-35(49)57-30-26(18-55-60(53,54)58-59(50,51)52)56-33(29(30)47)45-19-43(5)28-31(45)39-34(36)40-32(28)48;1-41(2)22-10-8-20-15-21-9-11-23(42(3)4)17-25(21)44(24(20)16-22)14-6-7-27(46)37-12-13-38-35(49)57-30-29(47)26(18-55-60(53,54)58-59(50,51)52)56-33(30)45-19-43(5)28-31(45)39-34(36)40-32(28)48/h2*8-11,15-17,19,26,29-30,33,47H,6-7,12-14,18H2,1-5H3,(H6-2,36,37,38,39,40,46,48,49,50,51,52,53,54)/t2*26-,29-,30-,33-/m11/s1. The van der Waals surface area contributed by atoms with Gasteiger partial charge in [0.15, 0.2) is 31.0 Å². The Balaban J connectivity index is 0.000000235. The number of pyridine rings is 2. The molecule has 648 valence electrons. The first-order chi connectivity index (χ1) is 56.4. The number of hydrogen-bond donors (Lipinski definition) is 12. The lowest BCUT2D eigenvalue weighted by Gasteiger charge is -2.29. The summed E-state index contributed by atoms with van der Waals surface area (Å²) in [6.45, 7) is -1.25. The van der Waals surface area contributed by atoms with Crippen LogP contribution in [0.3, 0.4) is 0 Å². The fourth-order valence-electron chi connectivity index (χ4n) is 13.8. The van der Waals surface area contributed by atoms with Crippen molar-refractivity contribution in [3.05, 3.63) is 118 Å². The number of amides is 4. The van der Waals surface area contributed by atoms with Crippen molar-refractivity contribution in [2.45, 2.75) is 87.9 Å². The molecule has 6 aromatic heterocycles. The number of nitrogens with two attached hydrogens (primary N) is 2. The van der Waals surface area contributed by atoms with E-state index in [9.17, 15) is 76.8 Å². The zero-order valence-electron chi connectivity index (χ0n) is 66.4. The highest BCUT2D eigenvalue weighted by atomic mass is 31.3. The first kappa shape index (κ1) is 90.3. The minimum atomic E-state index is -5.79. The molecule has 0 spiro atoms. The zero-order chi connectivity index (χ0) is 87.4. The summed E-state index contributed by atoms with van der Waals surface area (Å²) in [4.78, 5) is 162. The molecule has 2 fully saturated rings. The third-order valence-corrected chi connectivity index (χ3v) is 23.5. The molecular formula is C70H92N20O26P4. The molecule has 14 N–H and O–H groups in total. The maximum absolute atomic E-state index is 13.0. The number of nitrogens with one attached hydrogen (secondary N) is 6. The van der Waals surface area contributed by atoms with Gasteiger partial charge in [0.25, 0.3) is 54.3 Å². The Labute approximate surface area is 682 Å². The molecule has 8 heterocycles. The van der Waals surface area contributed by atoms with Gasteiger partial charge in [0, 0.05) is 177 Å². The van der Waals surface area contributed by atoms with Crippen LogP contribution in [0.5, 0.6) is 0 Å². The van der Waals surface area contributed by atoms with E-state index >= 15 is 0 Å². The highest BCUT2D eigenvalue weighted by Crippen LogP contribution is 2.54. The number of H-pyrrole nitrogens is 2. The van der Waals surface area contributed by atoms with Crippen LogP contribution in [0.2, 0.25) is 0 Å². The van der Waals surface area contributed by atoms with E-state index in [4.69, 9.17) is 40.2 Å². The smallest absolute Gasteiger partial charge is 0.407 e. The zero-order valence-corrected chi connectivity index (χ0v) is 70.0. The summed E-state index contributed by atoms with van der Waals surface area (Å²) in [5.74, 6) is -1.09. The maximum Gasteiger partial charge on any atom is 0.407 e. The van der Waals surface area contributed by atoms with E-state index in [-0.39, 0.29) is 85.1 Å². The summed E-state index contributed by atoms with van der Waals surface area (Å²) >= 11 is 0. The van der Waals surface area contributed by atoms with Gasteiger partial charge in [-0.1, -0.05) is 9.97 Å². The number of aromatic amines is 2. The van der Waals surface area contributed by atoms with Crippen molar-refractivity contribution in [1.29, 1.82) is 0 Å². The van der Waals surface area contributed by atoms with Gasteiger partial charge in [-0.15, -0.1) is 0 Å². The summed E-state index contributed by atoms with van der Waals surface area (Å²) in [6, 6.07) is 29.3. The van der Waals surface area contributed by atoms with E-state index in [1.54, 1.807) is 0 Å². The first-order valence-electron chi connectivity index (χ1n) is 37.0. The van der Waals surface area contributed by atoms with Crippen molar-refractivity contribution in [1.82, 2.24) is 50.3 Å². The second-order valence-corrected chi connectivity index (χ2v) is 34.3. The molecule has 2 aliphatic heterocycles. The SMILES string of the molecule is CN(C)c1ccc2cc3ccc(N(C)C)cc3[n+](CCCC(=O)NCCNC(=O)O[C@@H]3[C@H](O)[C@@H](COP(=O)([O-])OP(=O)([O-])O)O[C@H]3[n+]3cn(C)c4c(=O)[nH]c(N)nc43)c2c1.CN(C)c1ccc2cc3ccc(N(C)C)cc3[n+](CCCC(=O)NCCNC(=O)O[C@H]3[C@@H](O)[C@H]([n+]4cn(C)c5c(=O)[nH]c(N)nc54)O[C@@H]3COP(=O)([O-])OP(=O)([O-])O)c2c1. The molecule has 4 amide bonds. The third kappa shape index (κ3) is 22.0. The van der Waals surface area contributed by atoms with Crippen LogP contribution < -0.4 is 101 Å². The number of anilines is 6. The molecule has 50 heteroatoms. The monoisotopic (exact) mass is 1750 g/mol. The number of carbonyl (C=O) groups excluding carboxylic acids is 4. The second kappa shape index (κ2) is 37.3. The number of nitrogens with zero attached hydrogens (tertiary/aromatic N) is 12. The molecule has 0 aliphatic carbocycles. The summed E-state index contributed by atoms with van der Waals surface area (Å²) in [5.41, 5.74) is 18.3. The number of aromatic nitrogens is 10. The van der Waals surface area contributed by atoms with E-state index in [1.165, 1.54) is 45.0 Å². The number of aliphatic hydroxyl groups is 2. The van der Waals surface area contributed by atoms with Gasteiger partial charge in [-0.3, -0.25) is 56.5 Å². The summed E-state index contributed by atoms with van der Waals surface area (Å²) in [6.07, 6.45) is -11.3. The molecule has 10 aromatic rings. The lowest BCUT2D eigenvalue weighted by Crippen LogP contribution is -2.49. The van der Waals surface area contributed by atoms with Gasteiger partial charge in [-0.25, -0.2) is 27.3 Å². The fraction of sp³-hybridized carbons (Fsp3) is 0.429. The summed E-state index contributed by atoms with van der Waals surface area (Å²) in [5, 5.41) is 37.1. The number of ether oxygens (including phenoxy) is 4. The normalized spacial score (nSPS) is 19.9. The Morgan fingerprint density at radius 3 is 1.23 bits per heavy atom. The number of fused-ring (bicyclic) bond motifs is 6. The second-order valence-electron chi connectivity index (χ2n) is 28.9. The number of rotatable bonds is 32. The molecule has 12 atom stereocenters. The number of nitrogen functional groups attached to an aromatic ring is 2. The number of aliphatic hydroxyl groups excluding tert-OH is 2. The topological polar surface area (TPSA) is 614 Å². The quantitative estimate of drug-likeness (QED) is 0.00900. The van der Waals surface area contributed by atoms with Crippen molar-refractivity contribution >= 4 is 156 Å². The number of phosphoric acid groups is 4. The number of hydrogen-bond acceptors (Lipinski definition) is 32. The number of carbonyl (C=O) groups is 4. The molecule has 4 aromatic carbocycles. The van der Waals surface area contributed by atoms with Crippen LogP contribution in [0.15, 0.2) is 107 Å². The van der Waals surface area contributed by atoms with Gasteiger partial charge in [-0.2, -0.15) is 9.13 Å². The Kier molecular flexibility index (Phi) is 28.1. The van der Waals surface area contributed by atoms with Gasteiger partial charge in [0.2, 0.25) is 57.4 Å². The summed E-state index contributed by atoms with van der Waals surface area (Å²) in [7, 11) is -4.17. The average molecular weight is 1750 g/mol. The maximum atomic E-state index is 13.0. The lowest BCUT2D eigenvalue weighted by molar-refractivity contribution is -0.746. The van der Waals surface area contributed by atoms with Crippen LogP contribution in [0.25, 0.3) is 65.9 Å². The molecule has 46 nitrogen and oxygen atoms in total. The average Bonchev–Trinajstić information content (AvgIpc) is 1.78. The largest absolute Gasteiger partial charge is 0.756 e. The summed E-state index contributed by atoms with van der Waals surface area (Å²) < 4.78 is 94.2. The van der Waals surface area contributed by atoms with E-state index in [2.05, 4.69) is 153 Å². The van der Waals surface area contributed by atoms with Crippen LogP contribution in [0.1, 0.15) is 38.1 Å². The highest BCUT2D eigenvalue weighted by Gasteiger charge is 2.53. The van der Waals surface area contributed by atoms with Gasteiger partial charge in [-0.05, 0) is 60.7 Å². The van der Waals surface area contributed by atoms with Crippen molar-refractivity contribution in [2.24, 2.45) is 14.1 Å². The molecule has 120 heavy (non-hydrogen) atoms. The highest BCUT2D eigenvalue weighted by molar-refractivity contribution is 7.59. The van der Waals surface area contributed by atoms with E-state index in [0.29, 0.717) is 25.9 Å². The van der Waals surface area contributed by atoms with Crippen LogP contribution in [-0.4, -0.2) is 205 Å². The minimum absolute atomic E-state index is 0.00381. The molecule has 0 radical (unpaired) electrons. The van der Waals surface area contributed by atoms with Crippen LogP contribution in [-0.2, 0) is 91.7 Å². The van der Waals surface area contributed by atoms with Gasteiger partial charge >= 0.3 is 23.5 Å². The third-order valence-electron chi connectivity index (χ3n) is 19.3. The van der Waals surface area contributed by atoms with Crippen molar-refractivity contribution < 1.29 is 132 Å². The molecule has 0 bridgehead atoms. The number of imidazole rings is 2. The van der Waals surface area contributed by atoms with Crippen LogP contribution in [0, 0.1) is 0 Å². The molecule has 0 saturated carbocycles. The Bertz CT molecular complexity index is 5730. The predicted molar refractivity (Wildman–Crippen MR) is 422 cm³/mol. The van der Waals surface area contributed by atoms with E-state index in [1.807, 2.05) is 76.0 Å². The molecule has 2 aliphatic rings. The predicted octanol–water partition coefficient (Wildman–Crippen LogP) is -2.46. The Morgan fingerprint density at radius 2 is 0.858 bits per heavy atom. The number of benzene rings is 4. The fourth-order valence-corrected chi connectivity index (χ4v) is 16.8. The lowest BCUT2D eigenvalue weighted by atomic mass is 10.1. The van der Waals surface area contributed by atoms with Gasteiger partial charge < -0.3 is 120 Å². The Hall–Kier alpha value is -10.4. The Morgan fingerprint density at radius 1 is 0.517 bits per heavy atom. The molecule has 12 rings (SSSR count). The van der Waals surface area contributed by atoms with Crippen molar-refractivity contribution in [3.8, 4) is 0 Å². The van der Waals surface area contributed by atoms with E-state index < -0.39 is 117 Å². The van der Waals surface area contributed by atoms with Gasteiger partial charge in [0.1, 0.15) is 31.4 Å².